The maximum Gasteiger partial charge on any atom is 0.416 e. The lowest BCUT2D eigenvalue weighted by Gasteiger charge is -2.29. The second kappa shape index (κ2) is 8.89. The predicted molar refractivity (Wildman–Crippen MR) is 130 cm³/mol. The Kier molecular flexibility index (Phi) is 5.85. The summed E-state index contributed by atoms with van der Waals surface area (Å²) in [5.74, 6) is 2.21. The zero-order valence-corrected chi connectivity index (χ0v) is 19.5. The standard InChI is InChI=1S/C25H22F4N6O/c1-14(16-4-3-5-18(10-16)25(27,28)29)31-22-20-12-19(17-6-8-34(13-26)21(36)11-17)23-30-7-9-35(23)24(20)33-15(2)32-22/h3-6,8,10-12,14H,7,9,13H2,1-2H3,(H,31,32,33)/t14-/m1/s1. The fraction of sp³-hybridized carbons (Fsp3) is 0.280. The minimum Gasteiger partial charge on any atom is -0.363 e. The molecule has 2 aliphatic heterocycles. The van der Waals surface area contributed by atoms with E-state index in [9.17, 15) is 22.4 Å². The van der Waals surface area contributed by atoms with Crippen LogP contribution in [0.1, 0.15) is 41.0 Å². The lowest BCUT2D eigenvalue weighted by Crippen LogP contribution is -2.33. The molecule has 11 heteroatoms. The van der Waals surface area contributed by atoms with Gasteiger partial charge in [-0.15, -0.1) is 0 Å². The van der Waals surface area contributed by atoms with E-state index in [1.165, 1.54) is 18.3 Å². The third-order valence-electron chi connectivity index (χ3n) is 6.17. The van der Waals surface area contributed by atoms with Crippen molar-refractivity contribution < 1.29 is 17.6 Å². The summed E-state index contributed by atoms with van der Waals surface area (Å²) >= 11 is 0. The summed E-state index contributed by atoms with van der Waals surface area (Å²) in [7, 11) is 0. The molecule has 0 radical (unpaired) electrons. The molecule has 1 aromatic carbocycles. The van der Waals surface area contributed by atoms with Gasteiger partial charge in [0, 0.05) is 30.4 Å². The molecule has 2 aliphatic rings. The molecule has 7 nitrogen and oxygen atoms in total. The number of aliphatic imine (C=N–C) groups is 1. The van der Waals surface area contributed by atoms with Crippen molar-refractivity contribution in [3.8, 4) is 0 Å². The first-order valence-electron chi connectivity index (χ1n) is 11.3. The molecule has 1 N–H and O–H groups in total. The molecule has 0 saturated carbocycles. The number of aryl methyl sites for hydroxylation is 1. The molecule has 0 unspecified atom stereocenters. The first-order valence-corrected chi connectivity index (χ1v) is 11.3. The van der Waals surface area contributed by atoms with E-state index in [0.29, 0.717) is 58.6 Å². The summed E-state index contributed by atoms with van der Waals surface area (Å²) in [6.07, 6.45) is -1.25. The first kappa shape index (κ1) is 23.7. The van der Waals surface area contributed by atoms with E-state index in [0.717, 1.165) is 16.7 Å². The molecule has 36 heavy (non-hydrogen) atoms. The van der Waals surface area contributed by atoms with Gasteiger partial charge < -0.3 is 10.2 Å². The van der Waals surface area contributed by atoms with Crippen molar-refractivity contribution in [3.63, 3.8) is 0 Å². The third-order valence-corrected chi connectivity index (χ3v) is 6.17. The Morgan fingerprint density at radius 3 is 2.69 bits per heavy atom. The summed E-state index contributed by atoms with van der Waals surface area (Å²) < 4.78 is 53.7. The quantitative estimate of drug-likeness (QED) is 0.510. The molecular weight excluding hydrogens is 476 g/mol. The van der Waals surface area contributed by atoms with Crippen LogP contribution in [0.25, 0.3) is 11.6 Å². The predicted octanol–water partition coefficient (Wildman–Crippen LogP) is 4.84. The van der Waals surface area contributed by atoms with E-state index < -0.39 is 30.1 Å². The van der Waals surface area contributed by atoms with E-state index in [4.69, 9.17) is 0 Å². The monoisotopic (exact) mass is 498 g/mol. The molecule has 0 spiro atoms. The van der Waals surface area contributed by atoms with Crippen molar-refractivity contribution in [2.24, 2.45) is 4.99 Å². The number of nitrogens with one attached hydrogen (secondary N) is 1. The van der Waals surface area contributed by atoms with Crippen LogP contribution in [0, 0.1) is 6.92 Å². The molecule has 0 amide bonds. The van der Waals surface area contributed by atoms with Crippen LogP contribution in [-0.4, -0.2) is 33.5 Å². The molecule has 2 aromatic heterocycles. The zero-order valence-electron chi connectivity index (χ0n) is 19.5. The number of aromatic nitrogens is 3. The maximum absolute atomic E-state index is 13.2. The molecule has 0 aliphatic carbocycles. The molecular formula is C25H22F4N6O. The average molecular weight is 498 g/mol. The summed E-state index contributed by atoms with van der Waals surface area (Å²) in [5.41, 5.74) is 1.10. The molecule has 3 aromatic rings. The molecule has 0 saturated heterocycles. The first-order chi connectivity index (χ1) is 17.2. The Morgan fingerprint density at radius 1 is 1.17 bits per heavy atom. The maximum atomic E-state index is 13.2. The van der Waals surface area contributed by atoms with E-state index in [-0.39, 0.29) is 0 Å². The van der Waals surface area contributed by atoms with Gasteiger partial charge in [-0.2, -0.15) is 13.2 Å². The Balaban J connectivity index is 1.58. The molecule has 0 bridgehead atoms. The van der Waals surface area contributed by atoms with Gasteiger partial charge in [-0.25, -0.2) is 14.4 Å². The summed E-state index contributed by atoms with van der Waals surface area (Å²) in [4.78, 5) is 28.0. The second-order valence-corrected chi connectivity index (χ2v) is 8.60. The van der Waals surface area contributed by atoms with Gasteiger partial charge in [0.15, 0.2) is 6.80 Å². The van der Waals surface area contributed by atoms with Crippen LogP contribution in [0.4, 0.5) is 29.2 Å². The minimum atomic E-state index is -4.44. The number of fused-ring (bicyclic) bond motifs is 3. The van der Waals surface area contributed by atoms with Crippen LogP contribution >= 0.6 is 0 Å². The van der Waals surface area contributed by atoms with Crippen molar-refractivity contribution >= 4 is 29.1 Å². The lowest BCUT2D eigenvalue weighted by atomic mass is 9.98. The lowest BCUT2D eigenvalue weighted by molar-refractivity contribution is -0.137. The van der Waals surface area contributed by atoms with Gasteiger partial charge in [0.1, 0.15) is 23.3 Å². The number of alkyl halides is 4. The van der Waals surface area contributed by atoms with E-state index in [1.807, 2.05) is 11.0 Å². The van der Waals surface area contributed by atoms with Gasteiger partial charge >= 0.3 is 6.18 Å². The van der Waals surface area contributed by atoms with Crippen LogP contribution in [0.2, 0.25) is 0 Å². The van der Waals surface area contributed by atoms with E-state index in [2.05, 4.69) is 20.3 Å². The molecule has 186 valence electrons. The number of benzene rings is 1. The van der Waals surface area contributed by atoms with Crippen molar-refractivity contribution in [1.29, 1.82) is 0 Å². The molecule has 0 fully saturated rings. The molecule has 5 rings (SSSR count). The number of hydrogen-bond acceptors (Lipinski definition) is 6. The highest BCUT2D eigenvalue weighted by Gasteiger charge is 2.33. The van der Waals surface area contributed by atoms with E-state index in [1.54, 1.807) is 26.0 Å². The van der Waals surface area contributed by atoms with Gasteiger partial charge in [-0.1, -0.05) is 12.1 Å². The van der Waals surface area contributed by atoms with Gasteiger partial charge in [0.05, 0.1) is 17.7 Å². The van der Waals surface area contributed by atoms with Crippen molar-refractivity contribution in [3.05, 3.63) is 81.0 Å². The average Bonchev–Trinajstić information content (AvgIpc) is 3.33. The summed E-state index contributed by atoms with van der Waals surface area (Å²) in [6, 6.07) is 7.65. The minimum absolute atomic E-state index is 0.447. The van der Waals surface area contributed by atoms with Gasteiger partial charge in [-0.3, -0.25) is 14.4 Å². The fourth-order valence-corrected chi connectivity index (χ4v) is 4.37. The van der Waals surface area contributed by atoms with Crippen LogP contribution in [0.5, 0.6) is 0 Å². The van der Waals surface area contributed by atoms with Crippen molar-refractivity contribution in [1.82, 2.24) is 14.5 Å². The Labute approximate surface area is 203 Å². The second-order valence-electron chi connectivity index (χ2n) is 8.60. The SMILES string of the molecule is Cc1nc(N[C@H](C)c2cccc(C(F)(F)F)c2)c2c(n1)N1CCN=C1C(c1ccn(CF)c(=O)c1)=C2. The number of amidine groups is 1. The third kappa shape index (κ3) is 4.25. The topological polar surface area (TPSA) is 75.4 Å². The van der Waals surface area contributed by atoms with Gasteiger partial charge in [0.25, 0.3) is 5.56 Å². The fourth-order valence-electron chi connectivity index (χ4n) is 4.37. The highest BCUT2D eigenvalue weighted by atomic mass is 19.4. The summed E-state index contributed by atoms with van der Waals surface area (Å²) in [5, 5.41) is 3.24. The number of anilines is 2. The van der Waals surface area contributed by atoms with Crippen LogP contribution in [-0.2, 0) is 13.0 Å². The smallest absolute Gasteiger partial charge is 0.363 e. The summed E-state index contributed by atoms with van der Waals surface area (Å²) in [6.45, 7) is 3.67. The highest BCUT2D eigenvalue weighted by molar-refractivity contribution is 6.36. The Morgan fingerprint density at radius 2 is 1.97 bits per heavy atom. The normalized spacial score (nSPS) is 15.7. The van der Waals surface area contributed by atoms with Crippen molar-refractivity contribution in [2.75, 3.05) is 23.3 Å². The largest absolute Gasteiger partial charge is 0.416 e. The number of nitrogens with zero attached hydrogens (tertiary/aromatic N) is 5. The van der Waals surface area contributed by atoms with Crippen LogP contribution in [0.3, 0.4) is 0 Å². The zero-order chi connectivity index (χ0) is 25.6. The van der Waals surface area contributed by atoms with Crippen molar-refractivity contribution in [2.45, 2.75) is 32.9 Å². The number of rotatable bonds is 5. The highest BCUT2D eigenvalue weighted by Crippen LogP contribution is 2.39. The van der Waals surface area contributed by atoms with Gasteiger partial charge in [0.2, 0.25) is 0 Å². The number of pyridine rings is 1. The van der Waals surface area contributed by atoms with Gasteiger partial charge in [-0.05, 0) is 49.2 Å². The Hall–Kier alpha value is -4.02. The Bertz CT molecular complexity index is 1460. The number of hydrogen-bond donors (Lipinski definition) is 1. The van der Waals surface area contributed by atoms with Crippen LogP contribution in [0.15, 0.2) is 52.4 Å². The molecule has 1 atom stereocenters. The number of halogens is 4. The van der Waals surface area contributed by atoms with E-state index >= 15 is 0 Å². The van der Waals surface area contributed by atoms with Crippen LogP contribution < -0.4 is 15.8 Å². The molecule has 4 heterocycles.